The van der Waals surface area contributed by atoms with Crippen LogP contribution >= 0.6 is 0 Å². The van der Waals surface area contributed by atoms with Gasteiger partial charge in [-0.25, -0.2) is 0 Å². The van der Waals surface area contributed by atoms with Gasteiger partial charge in [-0.15, -0.1) is 0 Å². The van der Waals surface area contributed by atoms with Gasteiger partial charge in [0.25, 0.3) is 10.1 Å². The van der Waals surface area contributed by atoms with E-state index in [9.17, 15) is 13.2 Å². The van der Waals surface area contributed by atoms with Crippen molar-refractivity contribution in [3.8, 4) is 0 Å². The molecule has 0 spiro atoms. The fraction of sp³-hybridized carbons (Fsp3) is 0.100. The van der Waals surface area contributed by atoms with E-state index >= 15 is 0 Å². The fourth-order valence-electron chi connectivity index (χ4n) is 1.59. The van der Waals surface area contributed by atoms with Crippen molar-refractivity contribution < 1.29 is 17.8 Å². The van der Waals surface area contributed by atoms with Crippen molar-refractivity contribution in [3.05, 3.63) is 41.5 Å². The van der Waals surface area contributed by atoms with Crippen LogP contribution < -0.4 is 0 Å². The van der Waals surface area contributed by atoms with Gasteiger partial charge < -0.3 is 0 Å². The first-order valence-corrected chi connectivity index (χ1v) is 5.73. The predicted octanol–water partition coefficient (Wildman–Crippen LogP) is 1.04. The minimum atomic E-state index is -4.33. The Kier molecular flexibility index (Phi) is 2.21. The van der Waals surface area contributed by atoms with Crippen LogP contribution in [-0.4, -0.2) is 18.8 Å². The minimum absolute atomic E-state index is 0.176. The van der Waals surface area contributed by atoms with E-state index in [0.717, 1.165) is 6.08 Å². The lowest BCUT2D eigenvalue weighted by Crippen LogP contribution is -2.13. The molecule has 0 bridgehead atoms. The molecule has 1 aliphatic rings. The highest BCUT2D eigenvalue weighted by molar-refractivity contribution is 7.95. The Labute approximate surface area is 87.0 Å². The van der Waals surface area contributed by atoms with E-state index in [2.05, 4.69) is 0 Å². The number of carbonyl (C=O) groups is 1. The van der Waals surface area contributed by atoms with Crippen molar-refractivity contribution in [2.24, 2.45) is 0 Å². The summed E-state index contributed by atoms with van der Waals surface area (Å²) in [6.45, 7) is 0. The number of rotatable bonds is 1. The Balaban J connectivity index is 2.70. The molecule has 2 rings (SSSR count). The van der Waals surface area contributed by atoms with Gasteiger partial charge in [0, 0.05) is 12.5 Å². The number of hydrogen-bond acceptors (Lipinski definition) is 3. The first-order valence-electron chi connectivity index (χ1n) is 4.29. The van der Waals surface area contributed by atoms with E-state index in [1.807, 2.05) is 0 Å². The standard InChI is InChI=1S/C10H8O4S/c11-8-5-7-3-1-2-4-9(7)10(6-8)15(12,13)14/h1-4,6H,5H2,(H,12,13,14). The smallest absolute Gasteiger partial charge is 0.294 e. The summed E-state index contributed by atoms with van der Waals surface area (Å²) in [5.74, 6) is -0.318. The van der Waals surface area contributed by atoms with Crippen LogP contribution in [0.5, 0.6) is 0 Å². The largest absolute Gasteiger partial charge is 0.295 e. The van der Waals surface area contributed by atoms with E-state index in [-0.39, 0.29) is 17.1 Å². The third kappa shape index (κ3) is 1.84. The Bertz CT molecular complexity index is 555. The molecule has 0 saturated heterocycles. The van der Waals surface area contributed by atoms with Crippen molar-refractivity contribution in [1.82, 2.24) is 0 Å². The zero-order valence-corrected chi connectivity index (χ0v) is 8.49. The van der Waals surface area contributed by atoms with Crippen LogP contribution in [-0.2, 0) is 21.3 Å². The summed E-state index contributed by atoms with van der Waals surface area (Å²) in [7, 11) is -4.33. The van der Waals surface area contributed by atoms with Gasteiger partial charge in [-0.1, -0.05) is 24.3 Å². The van der Waals surface area contributed by atoms with Crippen molar-refractivity contribution in [2.45, 2.75) is 6.42 Å². The highest BCUT2D eigenvalue weighted by Crippen LogP contribution is 2.28. The number of carbonyl (C=O) groups excluding carboxylic acids is 1. The summed E-state index contributed by atoms with van der Waals surface area (Å²) < 4.78 is 31.0. The Morgan fingerprint density at radius 2 is 1.87 bits per heavy atom. The number of hydrogen-bond donors (Lipinski definition) is 1. The van der Waals surface area contributed by atoms with Gasteiger partial charge in [0.05, 0.1) is 0 Å². The van der Waals surface area contributed by atoms with Gasteiger partial charge in [-0.05, 0) is 11.1 Å². The number of benzene rings is 1. The highest BCUT2D eigenvalue weighted by atomic mass is 32.2. The van der Waals surface area contributed by atoms with Gasteiger partial charge in [0.15, 0.2) is 5.78 Å². The summed E-state index contributed by atoms with van der Waals surface area (Å²) in [6, 6.07) is 6.62. The van der Waals surface area contributed by atoms with E-state index in [1.165, 1.54) is 0 Å². The molecular weight excluding hydrogens is 216 g/mol. The lowest BCUT2D eigenvalue weighted by atomic mass is 9.97. The van der Waals surface area contributed by atoms with Crippen molar-refractivity contribution >= 4 is 20.8 Å². The lowest BCUT2D eigenvalue weighted by molar-refractivity contribution is -0.114. The molecule has 0 aliphatic heterocycles. The fourth-order valence-corrected chi connectivity index (χ4v) is 2.35. The normalized spacial score (nSPS) is 15.8. The second-order valence-electron chi connectivity index (χ2n) is 3.28. The summed E-state index contributed by atoms with van der Waals surface area (Å²) in [5, 5.41) is 0. The zero-order valence-electron chi connectivity index (χ0n) is 7.67. The molecule has 1 aliphatic carbocycles. The third-order valence-corrected chi connectivity index (χ3v) is 3.11. The summed E-state index contributed by atoms with van der Waals surface area (Å²) in [6.07, 6.45) is 1.15. The van der Waals surface area contributed by atoms with Crippen LogP contribution in [0.3, 0.4) is 0 Å². The molecule has 0 unspecified atom stereocenters. The average molecular weight is 224 g/mol. The quantitative estimate of drug-likeness (QED) is 0.723. The van der Waals surface area contributed by atoms with Gasteiger partial charge in [-0.2, -0.15) is 8.42 Å². The summed E-state index contributed by atoms with van der Waals surface area (Å²) >= 11 is 0. The second-order valence-corrected chi connectivity index (χ2v) is 4.67. The molecule has 1 aromatic carbocycles. The van der Waals surface area contributed by atoms with Crippen LogP contribution in [0.2, 0.25) is 0 Å². The molecule has 15 heavy (non-hydrogen) atoms. The maximum absolute atomic E-state index is 11.2. The molecular formula is C10H8O4S. The Morgan fingerprint density at radius 3 is 2.53 bits per heavy atom. The molecule has 1 aromatic rings. The molecule has 78 valence electrons. The first kappa shape index (κ1) is 10.1. The molecule has 0 radical (unpaired) electrons. The van der Waals surface area contributed by atoms with E-state index in [0.29, 0.717) is 11.1 Å². The van der Waals surface area contributed by atoms with Crippen LogP contribution in [0.15, 0.2) is 30.3 Å². The molecule has 0 atom stereocenters. The highest BCUT2D eigenvalue weighted by Gasteiger charge is 2.24. The van der Waals surface area contributed by atoms with Gasteiger partial charge in [0.2, 0.25) is 0 Å². The number of fused-ring (bicyclic) bond motifs is 1. The molecule has 1 N–H and O–H groups in total. The summed E-state index contributed by atoms with van der Waals surface area (Å²) in [4.78, 5) is 10.9. The number of ketones is 1. The first-order chi connectivity index (χ1) is 6.98. The van der Waals surface area contributed by atoms with Gasteiger partial charge >= 0.3 is 0 Å². The molecule has 0 saturated carbocycles. The van der Waals surface area contributed by atoms with Crippen LogP contribution in [0.25, 0.3) is 4.91 Å². The Hall–Kier alpha value is -1.46. The zero-order chi connectivity index (χ0) is 11.1. The second kappa shape index (κ2) is 3.29. The van der Waals surface area contributed by atoms with Crippen molar-refractivity contribution in [1.29, 1.82) is 0 Å². The Morgan fingerprint density at radius 1 is 1.20 bits per heavy atom. The minimum Gasteiger partial charge on any atom is -0.294 e. The van der Waals surface area contributed by atoms with Crippen molar-refractivity contribution in [3.63, 3.8) is 0 Å². The third-order valence-electron chi connectivity index (χ3n) is 2.22. The van der Waals surface area contributed by atoms with Crippen molar-refractivity contribution in [2.75, 3.05) is 0 Å². The van der Waals surface area contributed by atoms with E-state index in [4.69, 9.17) is 4.55 Å². The van der Waals surface area contributed by atoms with E-state index < -0.39 is 10.1 Å². The van der Waals surface area contributed by atoms with Crippen LogP contribution in [0.4, 0.5) is 0 Å². The topological polar surface area (TPSA) is 71.4 Å². The van der Waals surface area contributed by atoms with Gasteiger partial charge in [0.1, 0.15) is 4.91 Å². The van der Waals surface area contributed by atoms with Crippen LogP contribution in [0, 0.1) is 0 Å². The SMILES string of the molecule is O=C1C=C(S(=O)(=O)O)c2ccccc2C1. The molecule has 4 nitrogen and oxygen atoms in total. The maximum Gasteiger partial charge on any atom is 0.295 e. The molecule has 0 fully saturated rings. The molecule has 0 amide bonds. The molecule has 5 heteroatoms. The monoisotopic (exact) mass is 224 g/mol. The number of allylic oxidation sites excluding steroid dienone is 1. The lowest BCUT2D eigenvalue weighted by Gasteiger charge is -2.14. The maximum atomic E-state index is 11.2. The molecule has 0 heterocycles. The molecule has 0 aromatic heterocycles. The average Bonchev–Trinajstić information content (AvgIpc) is 2.15. The van der Waals surface area contributed by atoms with Gasteiger partial charge in [-0.3, -0.25) is 9.35 Å². The summed E-state index contributed by atoms with van der Waals surface area (Å²) in [5.41, 5.74) is 1.03. The predicted molar refractivity (Wildman–Crippen MR) is 54.7 cm³/mol. The van der Waals surface area contributed by atoms with Crippen LogP contribution in [0.1, 0.15) is 11.1 Å². The van der Waals surface area contributed by atoms with E-state index in [1.54, 1.807) is 24.3 Å².